The molecule has 4 nitrogen and oxygen atoms in total. The van der Waals surface area contributed by atoms with Crippen molar-refractivity contribution in [1.29, 1.82) is 5.41 Å². The predicted octanol–water partition coefficient (Wildman–Crippen LogP) is 1.11. The van der Waals surface area contributed by atoms with Crippen molar-refractivity contribution in [3.05, 3.63) is 0 Å². The van der Waals surface area contributed by atoms with E-state index >= 15 is 0 Å². The summed E-state index contributed by atoms with van der Waals surface area (Å²) >= 11 is 0. The fourth-order valence-electron chi connectivity index (χ4n) is 1.55. The first kappa shape index (κ1) is 11.5. The van der Waals surface area contributed by atoms with Crippen molar-refractivity contribution in [2.75, 3.05) is 26.3 Å². The summed E-state index contributed by atoms with van der Waals surface area (Å²) in [6.45, 7) is 9.17. The maximum atomic E-state index is 7.64. The topological polar surface area (TPSA) is 45.5 Å². The molecule has 1 saturated heterocycles. The smallest absolute Gasteiger partial charge is 0.211 e. The van der Waals surface area contributed by atoms with Crippen LogP contribution in [0.25, 0.3) is 0 Å². The van der Waals surface area contributed by atoms with Crippen molar-refractivity contribution in [1.82, 2.24) is 4.90 Å². The van der Waals surface area contributed by atoms with Gasteiger partial charge in [0.1, 0.15) is 6.10 Å². The monoisotopic (exact) mass is 200 g/mol. The van der Waals surface area contributed by atoms with E-state index in [1.54, 1.807) is 0 Å². The lowest BCUT2D eigenvalue weighted by Gasteiger charge is -2.35. The number of nitrogens with one attached hydrogen (secondary N) is 1. The van der Waals surface area contributed by atoms with E-state index in [1.165, 1.54) is 0 Å². The Morgan fingerprint density at radius 1 is 1.64 bits per heavy atom. The fourth-order valence-corrected chi connectivity index (χ4v) is 1.55. The molecule has 1 N–H and O–H groups in total. The fraction of sp³-hybridized carbons (Fsp3) is 0.900. The Hall–Kier alpha value is -0.610. The van der Waals surface area contributed by atoms with Gasteiger partial charge in [-0.05, 0) is 20.8 Å². The third kappa shape index (κ3) is 2.96. The van der Waals surface area contributed by atoms with Crippen molar-refractivity contribution in [3.63, 3.8) is 0 Å². The van der Waals surface area contributed by atoms with E-state index in [0.29, 0.717) is 19.3 Å². The molecule has 0 radical (unpaired) electrons. The zero-order valence-corrected chi connectivity index (χ0v) is 9.25. The highest BCUT2D eigenvalue weighted by Crippen LogP contribution is 2.09. The Morgan fingerprint density at radius 3 is 2.93 bits per heavy atom. The number of hydrogen-bond acceptors (Lipinski definition) is 4. The standard InChI is InChI=1S/C10H20N2O2/c1-4-13-10(11)9-7-12(8(2)3)5-6-14-9/h8-9,11H,4-7H2,1-3H3. The first-order valence-corrected chi connectivity index (χ1v) is 5.22. The summed E-state index contributed by atoms with van der Waals surface area (Å²) in [7, 11) is 0. The van der Waals surface area contributed by atoms with Gasteiger partial charge in [0.25, 0.3) is 0 Å². The van der Waals surface area contributed by atoms with E-state index < -0.39 is 0 Å². The summed E-state index contributed by atoms with van der Waals surface area (Å²) in [6, 6.07) is 0.510. The van der Waals surface area contributed by atoms with Crippen LogP contribution in [0.15, 0.2) is 0 Å². The third-order valence-electron chi connectivity index (χ3n) is 2.42. The van der Waals surface area contributed by atoms with Crippen LogP contribution in [0.3, 0.4) is 0 Å². The quantitative estimate of drug-likeness (QED) is 0.548. The maximum Gasteiger partial charge on any atom is 0.211 e. The van der Waals surface area contributed by atoms with E-state index in [2.05, 4.69) is 18.7 Å². The van der Waals surface area contributed by atoms with Gasteiger partial charge >= 0.3 is 0 Å². The van der Waals surface area contributed by atoms with E-state index in [0.717, 1.165) is 13.1 Å². The van der Waals surface area contributed by atoms with Crippen LogP contribution in [-0.4, -0.2) is 49.2 Å². The molecule has 1 fully saturated rings. The minimum Gasteiger partial charge on any atom is -0.480 e. The van der Waals surface area contributed by atoms with Crippen molar-refractivity contribution >= 4 is 5.90 Å². The normalized spacial score (nSPS) is 23.9. The molecule has 0 aliphatic carbocycles. The molecule has 0 bridgehead atoms. The molecule has 1 aliphatic rings. The van der Waals surface area contributed by atoms with Crippen LogP contribution in [0.5, 0.6) is 0 Å². The molecule has 1 atom stereocenters. The number of hydrogen-bond donors (Lipinski definition) is 1. The maximum absolute atomic E-state index is 7.64. The lowest BCUT2D eigenvalue weighted by molar-refractivity contribution is -0.0161. The minimum atomic E-state index is -0.175. The largest absolute Gasteiger partial charge is 0.480 e. The zero-order valence-electron chi connectivity index (χ0n) is 9.25. The average Bonchev–Trinajstić information content (AvgIpc) is 2.18. The Balaban J connectivity index is 2.43. The Bertz CT molecular complexity index is 195. The molecule has 0 aromatic rings. The molecule has 0 saturated carbocycles. The average molecular weight is 200 g/mol. The van der Waals surface area contributed by atoms with Gasteiger partial charge in [-0.3, -0.25) is 10.3 Å². The molecule has 4 heteroatoms. The highest BCUT2D eigenvalue weighted by molar-refractivity contribution is 5.78. The second kappa shape index (κ2) is 5.32. The van der Waals surface area contributed by atoms with Crippen molar-refractivity contribution in [2.45, 2.75) is 32.9 Å². The number of nitrogens with zero attached hydrogens (tertiary/aromatic N) is 1. The summed E-state index contributed by atoms with van der Waals surface area (Å²) in [5.41, 5.74) is 0. The van der Waals surface area contributed by atoms with Gasteiger partial charge in [-0.25, -0.2) is 0 Å². The van der Waals surface area contributed by atoms with Gasteiger partial charge in [-0.2, -0.15) is 0 Å². The molecule has 0 amide bonds. The molecule has 1 rings (SSSR count). The van der Waals surface area contributed by atoms with Crippen molar-refractivity contribution in [2.24, 2.45) is 0 Å². The molecule has 0 aromatic heterocycles. The first-order chi connectivity index (χ1) is 6.65. The van der Waals surface area contributed by atoms with Crippen molar-refractivity contribution < 1.29 is 9.47 Å². The summed E-state index contributed by atoms with van der Waals surface area (Å²) in [4.78, 5) is 2.31. The van der Waals surface area contributed by atoms with Crippen LogP contribution in [-0.2, 0) is 9.47 Å². The third-order valence-corrected chi connectivity index (χ3v) is 2.42. The van der Waals surface area contributed by atoms with Gasteiger partial charge in [0, 0.05) is 19.1 Å². The predicted molar refractivity (Wildman–Crippen MR) is 55.8 cm³/mol. The number of morpholine rings is 1. The van der Waals surface area contributed by atoms with Crippen LogP contribution in [0, 0.1) is 5.41 Å². The molecule has 82 valence electrons. The van der Waals surface area contributed by atoms with Crippen LogP contribution in [0.2, 0.25) is 0 Å². The Kier molecular flexibility index (Phi) is 4.35. The molecule has 0 spiro atoms. The Labute approximate surface area is 85.7 Å². The lowest BCUT2D eigenvalue weighted by atomic mass is 10.2. The molecular formula is C10H20N2O2. The number of ether oxygens (including phenoxy) is 2. The molecule has 1 heterocycles. The van der Waals surface area contributed by atoms with Gasteiger partial charge in [-0.1, -0.05) is 0 Å². The summed E-state index contributed by atoms with van der Waals surface area (Å²) < 4.78 is 10.6. The zero-order chi connectivity index (χ0) is 10.6. The SMILES string of the molecule is CCOC(=N)C1CN(C(C)C)CCO1. The first-order valence-electron chi connectivity index (χ1n) is 5.22. The number of rotatable bonds is 3. The van der Waals surface area contributed by atoms with Gasteiger partial charge in [-0.15, -0.1) is 0 Å². The van der Waals surface area contributed by atoms with Gasteiger partial charge in [0.15, 0.2) is 0 Å². The minimum absolute atomic E-state index is 0.175. The molecule has 1 aliphatic heterocycles. The van der Waals surface area contributed by atoms with E-state index in [4.69, 9.17) is 14.9 Å². The molecule has 0 aromatic carbocycles. The summed E-state index contributed by atoms with van der Waals surface area (Å²) in [5, 5.41) is 7.64. The van der Waals surface area contributed by atoms with Crippen LogP contribution in [0.1, 0.15) is 20.8 Å². The lowest BCUT2D eigenvalue weighted by Crippen LogP contribution is -2.49. The second-order valence-corrected chi connectivity index (χ2v) is 3.75. The van der Waals surface area contributed by atoms with Crippen LogP contribution >= 0.6 is 0 Å². The van der Waals surface area contributed by atoms with Gasteiger partial charge < -0.3 is 9.47 Å². The molecule has 1 unspecified atom stereocenters. The van der Waals surface area contributed by atoms with E-state index in [-0.39, 0.29) is 12.0 Å². The summed E-state index contributed by atoms with van der Waals surface area (Å²) in [6.07, 6.45) is -0.175. The summed E-state index contributed by atoms with van der Waals surface area (Å²) in [5.74, 6) is 0.262. The van der Waals surface area contributed by atoms with Crippen LogP contribution < -0.4 is 0 Å². The van der Waals surface area contributed by atoms with Gasteiger partial charge in [0.2, 0.25) is 5.90 Å². The second-order valence-electron chi connectivity index (χ2n) is 3.75. The van der Waals surface area contributed by atoms with Crippen molar-refractivity contribution in [3.8, 4) is 0 Å². The van der Waals surface area contributed by atoms with E-state index in [1.807, 2.05) is 6.92 Å². The van der Waals surface area contributed by atoms with Gasteiger partial charge in [0.05, 0.1) is 13.2 Å². The Morgan fingerprint density at radius 2 is 2.36 bits per heavy atom. The van der Waals surface area contributed by atoms with E-state index in [9.17, 15) is 0 Å². The molecular weight excluding hydrogens is 180 g/mol. The highest BCUT2D eigenvalue weighted by Gasteiger charge is 2.26. The highest BCUT2D eigenvalue weighted by atomic mass is 16.5. The van der Waals surface area contributed by atoms with Crippen LogP contribution in [0.4, 0.5) is 0 Å². The molecule has 14 heavy (non-hydrogen) atoms.